The van der Waals surface area contributed by atoms with Crippen LogP contribution in [0.5, 0.6) is 0 Å². The Morgan fingerprint density at radius 1 is 1.00 bits per heavy atom. The van der Waals surface area contributed by atoms with Gasteiger partial charge in [0.1, 0.15) is 18.4 Å². The maximum Gasteiger partial charge on any atom is 0.264 e. The van der Waals surface area contributed by atoms with Crippen LogP contribution in [0.1, 0.15) is 38.2 Å². The number of benzene rings is 3. The number of amides is 2. The van der Waals surface area contributed by atoms with Crippen molar-refractivity contribution in [1.29, 1.82) is 0 Å². The topological polar surface area (TPSA) is 86.8 Å². The first kappa shape index (κ1) is 29.8. The molecular weight excluding hydrogens is 576 g/mol. The molecule has 4 rings (SSSR count). The summed E-state index contributed by atoms with van der Waals surface area (Å²) >= 11 is 12.4. The third-order valence-electron chi connectivity index (χ3n) is 6.96. The minimum absolute atomic E-state index is 0.0133. The van der Waals surface area contributed by atoms with Crippen LogP contribution in [0, 0.1) is 5.82 Å². The molecule has 1 N–H and O–H groups in total. The number of para-hydroxylation sites is 1. The van der Waals surface area contributed by atoms with Crippen molar-refractivity contribution in [3.05, 3.63) is 94.2 Å². The van der Waals surface area contributed by atoms with Crippen molar-refractivity contribution in [2.24, 2.45) is 0 Å². The molecule has 0 aromatic heterocycles. The summed E-state index contributed by atoms with van der Waals surface area (Å²) in [6, 6.07) is 16.6. The number of carbonyl (C=O) groups excluding carboxylic acids is 2. The van der Waals surface area contributed by atoms with Crippen LogP contribution in [0.4, 0.5) is 10.1 Å². The van der Waals surface area contributed by atoms with Crippen LogP contribution in [0.15, 0.2) is 77.7 Å². The molecular formula is C29H30Cl2FN3O4S. The molecule has 0 bridgehead atoms. The van der Waals surface area contributed by atoms with Crippen molar-refractivity contribution in [3.8, 4) is 0 Å². The summed E-state index contributed by atoms with van der Waals surface area (Å²) in [4.78, 5) is 28.3. The standard InChI is InChI=1S/C29H30Cl2FN3O4S/c1-20(29(37)33-23-9-5-6-10-23)34(18-21-15-16-22(30)17-25(21)31)28(36)19-35(27-14-8-7-13-26(27)32)40(38,39)24-11-3-2-4-12-24/h2-4,7-8,11-17,20,23H,5-6,9-10,18-19H2,1H3,(H,33,37)/t20-/m1/s1. The molecule has 7 nitrogen and oxygen atoms in total. The highest BCUT2D eigenvalue weighted by molar-refractivity contribution is 7.92. The molecule has 3 aromatic rings. The van der Waals surface area contributed by atoms with Gasteiger partial charge in [0, 0.05) is 22.6 Å². The van der Waals surface area contributed by atoms with Gasteiger partial charge in [0.05, 0.1) is 10.6 Å². The fraction of sp³-hybridized carbons (Fsp3) is 0.310. The minimum Gasteiger partial charge on any atom is -0.352 e. The van der Waals surface area contributed by atoms with Gasteiger partial charge in [-0.05, 0) is 61.7 Å². The van der Waals surface area contributed by atoms with Crippen molar-refractivity contribution in [3.63, 3.8) is 0 Å². The van der Waals surface area contributed by atoms with E-state index in [1.54, 1.807) is 37.3 Å². The second-order valence-electron chi connectivity index (χ2n) is 9.70. The predicted molar refractivity (Wildman–Crippen MR) is 154 cm³/mol. The molecule has 0 radical (unpaired) electrons. The predicted octanol–water partition coefficient (Wildman–Crippen LogP) is 5.80. The maximum absolute atomic E-state index is 15.0. The molecule has 1 aliphatic rings. The van der Waals surface area contributed by atoms with Gasteiger partial charge in [-0.3, -0.25) is 13.9 Å². The van der Waals surface area contributed by atoms with Gasteiger partial charge in [0.15, 0.2) is 0 Å². The third kappa shape index (κ3) is 6.95. The monoisotopic (exact) mass is 605 g/mol. The normalized spacial score (nSPS) is 14.5. The fourth-order valence-corrected chi connectivity index (χ4v) is 6.61. The summed E-state index contributed by atoms with van der Waals surface area (Å²) in [7, 11) is -4.35. The number of sulfonamides is 1. The molecule has 2 amide bonds. The number of hydrogen-bond acceptors (Lipinski definition) is 4. The number of nitrogens with one attached hydrogen (secondary N) is 1. The number of halogens is 3. The van der Waals surface area contributed by atoms with E-state index < -0.39 is 34.3 Å². The second kappa shape index (κ2) is 13.0. The first-order valence-corrected chi connectivity index (χ1v) is 15.1. The lowest BCUT2D eigenvalue weighted by Crippen LogP contribution is -2.52. The van der Waals surface area contributed by atoms with E-state index in [-0.39, 0.29) is 34.1 Å². The summed E-state index contributed by atoms with van der Waals surface area (Å²) < 4.78 is 43.1. The first-order valence-electron chi connectivity index (χ1n) is 12.9. The molecule has 0 aliphatic heterocycles. The van der Waals surface area contributed by atoms with Crippen LogP contribution in [0.25, 0.3) is 0 Å². The Kier molecular flexibility index (Phi) is 9.71. The van der Waals surface area contributed by atoms with Crippen molar-refractivity contribution in [2.45, 2.75) is 56.1 Å². The Balaban J connectivity index is 1.70. The Morgan fingerprint density at radius 3 is 2.30 bits per heavy atom. The zero-order valence-corrected chi connectivity index (χ0v) is 24.2. The number of hydrogen-bond donors (Lipinski definition) is 1. The van der Waals surface area contributed by atoms with Gasteiger partial charge < -0.3 is 10.2 Å². The number of rotatable bonds is 10. The van der Waals surface area contributed by atoms with Crippen LogP contribution in [-0.4, -0.2) is 43.8 Å². The van der Waals surface area contributed by atoms with E-state index >= 15 is 0 Å². The second-order valence-corrected chi connectivity index (χ2v) is 12.4. The van der Waals surface area contributed by atoms with E-state index in [2.05, 4.69) is 5.32 Å². The summed E-state index contributed by atoms with van der Waals surface area (Å²) in [6.45, 7) is 0.736. The molecule has 40 heavy (non-hydrogen) atoms. The zero-order valence-electron chi connectivity index (χ0n) is 21.9. The van der Waals surface area contributed by atoms with E-state index in [9.17, 15) is 22.4 Å². The summed E-state index contributed by atoms with van der Waals surface area (Å²) in [5.74, 6) is -1.88. The summed E-state index contributed by atoms with van der Waals surface area (Å²) in [5.41, 5.74) is 0.232. The van der Waals surface area contributed by atoms with Crippen molar-refractivity contribution in [1.82, 2.24) is 10.2 Å². The van der Waals surface area contributed by atoms with Crippen LogP contribution in [-0.2, 0) is 26.2 Å². The number of carbonyl (C=O) groups is 2. The Morgan fingerprint density at radius 2 is 1.65 bits per heavy atom. The van der Waals surface area contributed by atoms with E-state index in [1.165, 1.54) is 41.3 Å². The molecule has 0 unspecified atom stereocenters. The van der Waals surface area contributed by atoms with E-state index in [1.807, 2.05) is 0 Å². The molecule has 0 saturated heterocycles. The molecule has 0 heterocycles. The lowest BCUT2D eigenvalue weighted by atomic mass is 10.1. The Bertz CT molecular complexity index is 1470. The van der Waals surface area contributed by atoms with Gasteiger partial charge in [-0.1, -0.05) is 72.4 Å². The SMILES string of the molecule is C[C@H](C(=O)NC1CCCC1)N(Cc1ccc(Cl)cc1Cl)C(=O)CN(c1ccccc1F)S(=O)(=O)c1ccccc1. The van der Waals surface area contributed by atoms with Crippen molar-refractivity contribution >= 4 is 50.7 Å². The van der Waals surface area contributed by atoms with Gasteiger partial charge in [-0.25, -0.2) is 12.8 Å². The lowest BCUT2D eigenvalue weighted by Gasteiger charge is -2.32. The Hall–Kier alpha value is -3.14. The molecule has 1 fully saturated rings. The summed E-state index contributed by atoms with van der Waals surface area (Å²) in [5, 5.41) is 3.68. The van der Waals surface area contributed by atoms with Crippen molar-refractivity contribution in [2.75, 3.05) is 10.8 Å². The average molecular weight is 607 g/mol. The molecule has 0 spiro atoms. The highest BCUT2D eigenvalue weighted by Crippen LogP contribution is 2.28. The molecule has 3 aromatic carbocycles. The number of nitrogens with zero attached hydrogens (tertiary/aromatic N) is 2. The highest BCUT2D eigenvalue weighted by Gasteiger charge is 2.34. The quantitative estimate of drug-likeness (QED) is 0.316. The molecule has 1 aliphatic carbocycles. The largest absolute Gasteiger partial charge is 0.352 e. The van der Waals surface area contributed by atoms with Crippen LogP contribution >= 0.6 is 23.2 Å². The molecule has 11 heteroatoms. The van der Waals surface area contributed by atoms with E-state index in [4.69, 9.17) is 23.2 Å². The van der Waals surface area contributed by atoms with Gasteiger partial charge >= 0.3 is 0 Å². The van der Waals surface area contributed by atoms with Crippen LogP contribution < -0.4 is 9.62 Å². The maximum atomic E-state index is 15.0. The summed E-state index contributed by atoms with van der Waals surface area (Å²) in [6.07, 6.45) is 3.73. The first-order chi connectivity index (χ1) is 19.1. The van der Waals surface area contributed by atoms with Gasteiger partial charge in [-0.15, -0.1) is 0 Å². The fourth-order valence-electron chi connectivity index (χ4n) is 4.69. The zero-order chi connectivity index (χ0) is 28.9. The Labute approximate surface area is 243 Å². The van der Waals surface area contributed by atoms with Crippen LogP contribution in [0.3, 0.4) is 0 Å². The smallest absolute Gasteiger partial charge is 0.264 e. The molecule has 1 atom stereocenters. The van der Waals surface area contributed by atoms with Gasteiger partial charge in [0.25, 0.3) is 10.0 Å². The lowest BCUT2D eigenvalue weighted by molar-refractivity contribution is -0.139. The minimum atomic E-state index is -4.35. The third-order valence-corrected chi connectivity index (χ3v) is 9.32. The van der Waals surface area contributed by atoms with E-state index in [0.717, 1.165) is 36.1 Å². The van der Waals surface area contributed by atoms with Crippen molar-refractivity contribution < 1.29 is 22.4 Å². The van der Waals surface area contributed by atoms with E-state index in [0.29, 0.717) is 10.6 Å². The van der Waals surface area contributed by atoms with Crippen LogP contribution in [0.2, 0.25) is 10.0 Å². The van der Waals surface area contributed by atoms with Gasteiger partial charge in [0.2, 0.25) is 11.8 Å². The van der Waals surface area contributed by atoms with Gasteiger partial charge in [-0.2, -0.15) is 0 Å². The highest BCUT2D eigenvalue weighted by atomic mass is 35.5. The number of anilines is 1. The average Bonchev–Trinajstić information content (AvgIpc) is 3.45. The molecule has 1 saturated carbocycles. The molecule has 212 valence electrons.